The zero-order valence-electron chi connectivity index (χ0n) is 16.6. The van der Waals surface area contributed by atoms with Crippen LogP contribution >= 0.6 is 23.2 Å². The number of carboxylic acid groups (broad SMARTS) is 2. The summed E-state index contributed by atoms with van der Waals surface area (Å²) in [6.45, 7) is 0.375. The Hall–Kier alpha value is -0.700. The van der Waals surface area contributed by atoms with E-state index in [1.165, 1.54) is 10.6 Å². The number of ether oxygens (including phenoxy) is 1. The standard InChI is InChI=1S/C20H17Cl2NO5.2Na/c21-15-3-1-4-16(22)14(15)11-28-13-6-7-17-12(9-13)10-18(20(26)27)23(17)8-2-5-19(24)25;;/h1,3-4,6-7,9-10H,2,5,8,11H2,(H,24,25)(H,26,27);;/q;2*+1/p-2. The fourth-order valence-corrected chi connectivity index (χ4v) is 3.46. The van der Waals surface area contributed by atoms with Gasteiger partial charge in [-0.25, -0.2) is 0 Å². The summed E-state index contributed by atoms with van der Waals surface area (Å²) in [5.41, 5.74) is 1.27. The number of fused-ring (bicyclic) bond motifs is 1. The first kappa shape index (κ1) is 27.3. The molecule has 0 saturated heterocycles. The number of aromatic carboxylic acids is 1. The van der Waals surface area contributed by atoms with Gasteiger partial charge in [0.15, 0.2) is 0 Å². The predicted molar refractivity (Wildman–Crippen MR) is 101 cm³/mol. The average Bonchev–Trinajstić information content (AvgIpc) is 2.99. The molecule has 30 heavy (non-hydrogen) atoms. The van der Waals surface area contributed by atoms with E-state index in [-0.39, 0.29) is 90.8 Å². The number of hydrogen-bond acceptors (Lipinski definition) is 5. The molecule has 0 aliphatic rings. The number of halogens is 2. The van der Waals surface area contributed by atoms with Gasteiger partial charge in [-0.2, -0.15) is 0 Å². The second kappa shape index (κ2) is 12.4. The quantitative estimate of drug-likeness (QED) is 0.321. The molecule has 0 aliphatic heterocycles. The number of aromatic nitrogens is 1. The molecule has 0 N–H and O–H groups in total. The summed E-state index contributed by atoms with van der Waals surface area (Å²) in [6, 6.07) is 11.7. The van der Waals surface area contributed by atoms with E-state index in [0.29, 0.717) is 32.3 Å². The van der Waals surface area contributed by atoms with E-state index in [1.807, 2.05) is 0 Å². The molecule has 1 aromatic heterocycles. The first-order valence-electron chi connectivity index (χ1n) is 8.47. The number of rotatable bonds is 8. The summed E-state index contributed by atoms with van der Waals surface area (Å²) in [5, 5.41) is 23.7. The van der Waals surface area contributed by atoms with E-state index >= 15 is 0 Å². The van der Waals surface area contributed by atoms with Crippen molar-refractivity contribution < 1.29 is 83.7 Å². The molecule has 0 bridgehead atoms. The number of hydrogen-bond donors (Lipinski definition) is 0. The summed E-state index contributed by atoms with van der Waals surface area (Å²) in [4.78, 5) is 22.0. The van der Waals surface area contributed by atoms with Crippen LogP contribution in [0.15, 0.2) is 42.5 Å². The molecule has 2 aromatic carbocycles. The molecule has 0 saturated carbocycles. The number of carbonyl (C=O) groups excluding carboxylic acids is 2. The summed E-state index contributed by atoms with van der Waals surface area (Å²) in [5.74, 6) is -2.00. The molecule has 6 nitrogen and oxygen atoms in total. The molecule has 1 heterocycles. The average molecular weight is 466 g/mol. The number of aliphatic carboxylic acids is 1. The van der Waals surface area contributed by atoms with Crippen LogP contribution in [0, 0.1) is 0 Å². The fraction of sp³-hybridized carbons (Fsp3) is 0.200. The van der Waals surface area contributed by atoms with E-state index in [4.69, 9.17) is 27.9 Å². The second-order valence-corrected chi connectivity index (χ2v) is 6.97. The van der Waals surface area contributed by atoms with Crippen LogP contribution in [0.25, 0.3) is 10.9 Å². The Morgan fingerprint density at radius 2 is 1.67 bits per heavy atom. The van der Waals surface area contributed by atoms with E-state index in [2.05, 4.69) is 0 Å². The zero-order chi connectivity index (χ0) is 20.3. The Labute approximate surface area is 227 Å². The van der Waals surface area contributed by atoms with Crippen molar-refractivity contribution in [3.8, 4) is 5.75 Å². The summed E-state index contributed by atoms with van der Waals surface area (Å²) >= 11 is 12.3. The Morgan fingerprint density at radius 3 is 2.27 bits per heavy atom. The van der Waals surface area contributed by atoms with Crippen LogP contribution in [0.1, 0.15) is 28.9 Å². The van der Waals surface area contributed by atoms with Crippen LogP contribution in [0.2, 0.25) is 10.0 Å². The molecule has 0 spiro atoms. The van der Waals surface area contributed by atoms with Gasteiger partial charge in [0, 0.05) is 39.0 Å². The summed E-state index contributed by atoms with van der Waals surface area (Å²) in [6.07, 6.45) is 0.0849. The maximum absolute atomic E-state index is 11.4. The van der Waals surface area contributed by atoms with Crippen molar-refractivity contribution in [1.82, 2.24) is 4.57 Å². The van der Waals surface area contributed by atoms with Crippen LogP contribution in [-0.2, 0) is 17.9 Å². The maximum atomic E-state index is 11.4. The Kier molecular flexibility index (Phi) is 11.3. The minimum Gasteiger partial charge on any atom is -0.550 e. The molecule has 0 radical (unpaired) electrons. The third-order valence-electron chi connectivity index (χ3n) is 4.29. The smallest absolute Gasteiger partial charge is 0.550 e. The van der Waals surface area contributed by atoms with Crippen molar-refractivity contribution >= 4 is 46.0 Å². The summed E-state index contributed by atoms with van der Waals surface area (Å²) in [7, 11) is 0. The molecule has 10 heteroatoms. The second-order valence-electron chi connectivity index (χ2n) is 6.15. The van der Waals surface area contributed by atoms with Gasteiger partial charge in [0.2, 0.25) is 0 Å². The molecule has 0 fully saturated rings. The molecular weight excluding hydrogens is 451 g/mol. The zero-order valence-corrected chi connectivity index (χ0v) is 22.1. The van der Waals surface area contributed by atoms with Gasteiger partial charge >= 0.3 is 59.1 Å². The van der Waals surface area contributed by atoms with Gasteiger partial charge in [0.25, 0.3) is 0 Å². The van der Waals surface area contributed by atoms with Gasteiger partial charge in [-0.1, -0.05) is 29.3 Å². The Bertz CT molecular complexity index is 1030. The Morgan fingerprint density at radius 1 is 1.00 bits per heavy atom. The minimum absolute atomic E-state index is 0. The van der Waals surface area contributed by atoms with Crippen molar-refractivity contribution in [2.24, 2.45) is 0 Å². The molecule has 3 rings (SSSR count). The number of benzene rings is 2. The van der Waals surface area contributed by atoms with E-state index in [9.17, 15) is 19.8 Å². The first-order valence-corrected chi connectivity index (χ1v) is 9.22. The van der Waals surface area contributed by atoms with Gasteiger partial charge in [0.1, 0.15) is 12.4 Å². The number of nitrogens with zero attached hydrogens (tertiary/aromatic N) is 1. The van der Waals surface area contributed by atoms with E-state index in [0.717, 1.165) is 0 Å². The molecule has 0 amide bonds. The molecule has 3 aromatic rings. The maximum Gasteiger partial charge on any atom is 1.00 e. The third kappa shape index (κ3) is 6.65. The molecule has 0 unspecified atom stereocenters. The van der Waals surface area contributed by atoms with E-state index in [1.54, 1.807) is 36.4 Å². The van der Waals surface area contributed by atoms with Gasteiger partial charge in [-0.3, -0.25) is 0 Å². The van der Waals surface area contributed by atoms with Gasteiger partial charge in [-0.15, -0.1) is 0 Å². The van der Waals surface area contributed by atoms with Crippen molar-refractivity contribution in [3.63, 3.8) is 0 Å². The van der Waals surface area contributed by atoms with Crippen LogP contribution in [0.4, 0.5) is 0 Å². The monoisotopic (exact) mass is 465 g/mol. The van der Waals surface area contributed by atoms with Crippen LogP contribution in [0.3, 0.4) is 0 Å². The van der Waals surface area contributed by atoms with Crippen molar-refractivity contribution in [2.75, 3.05) is 0 Å². The third-order valence-corrected chi connectivity index (χ3v) is 5.00. The Balaban J connectivity index is 0.00000225. The van der Waals surface area contributed by atoms with E-state index < -0.39 is 11.9 Å². The predicted octanol–water partition coefficient (Wildman–Crippen LogP) is -3.57. The minimum atomic E-state index is -1.34. The van der Waals surface area contributed by atoms with Crippen LogP contribution in [0.5, 0.6) is 5.75 Å². The molecule has 146 valence electrons. The molecule has 0 atom stereocenters. The SMILES string of the molecule is O=C([O-])CCCn1c(C(=O)[O-])cc2cc(OCc3c(Cl)cccc3Cl)ccc21.[Na+].[Na+]. The summed E-state index contributed by atoms with van der Waals surface area (Å²) < 4.78 is 7.27. The first-order chi connectivity index (χ1) is 13.4. The van der Waals surface area contributed by atoms with Crippen molar-refractivity contribution in [1.29, 1.82) is 0 Å². The number of aryl methyl sites for hydroxylation is 1. The van der Waals surface area contributed by atoms with Crippen LogP contribution < -0.4 is 74.1 Å². The van der Waals surface area contributed by atoms with Crippen molar-refractivity contribution in [2.45, 2.75) is 26.0 Å². The molecular formula is C20H15Cl2NNa2O5. The largest absolute Gasteiger partial charge is 1.00 e. The van der Waals surface area contributed by atoms with Gasteiger partial charge in [-0.05, 0) is 49.2 Å². The van der Waals surface area contributed by atoms with Crippen molar-refractivity contribution in [3.05, 3.63) is 63.8 Å². The van der Waals surface area contributed by atoms with Gasteiger partial charge < -0.3 is 29.1 Å². The topological polar surface area (TPSA) is 94.4 Å². The van der Waals surface area contributed by atoms with Crippen LogP contribution in [-0.4, -0.2) is 16.5 Å². The molecule has 0 aliphatic carbocycles. The number of carboxylic acids is 2. The number of carbonyl (C=O) groups is 2. The normalized spacial score (nSPS) is 10.2. The van der Waals surface area contributed by atoms with Gasteiger partial charge in [0.05, 0.1) is 11.7 Å². The fourth-order valence-electron chi connectivity index (χ4n) is 2.96.